The van der Waals surface area contributed by atoms with Crippen LogP contribution in [0.15, 0.2) is 12.4 Å². The van der Waals surface area contributed by atoms with Crippen molar-refractivity contribution in [2.45, 2.75) is 60.0 Å². The van der Waals surface area contributed by atoms with Gasteiger partial charge in [-0.25, -0.2) is 0 Å². The minimum absolute atomic E-state index is 0.185. The number of hydrazine groups is 1. The summed E-state index contributed by atoms with van der Waals surface area (Å²) in [4.78, 5) is 0. The first-order chi connectivity index (χ1) is 8.38. The van der Waals surface area contributed by atoms with Gasteiger partial charge in [-0.05, 0) is 24.2 Å². The SMILES string of the molecule is CCCn1cc(C(CC(C)C(C)(C)C)NN)cn1. The van der Waals surface area contributed by atoms with Crippen LogP contribution in [0.2, 0.25) is 0 Å². The van der Waals surface area contributed by atoms with Crippen LogP contribution in [0.1, 0.15) is 59.1 Å². The van der Waals surface area contributed by atoms with E-state index in [0.29, 0.717) is 11.3 Å². The standard InChI is InChI=1S/C14H28N4/c1-6-7-18-10-12(9-16-18)13(17-15)8-11(2)14(3,4)5/h9-11,13,17H,6-8,15H2,1-5H3. The number of nitrogens with zero attached hydrogens (tertiary/aromatic N) is 2. The monoisotopic (exact) mass is 252 g/mol. The Morgan fingerprint density at radius 3 is 2.61 bits per heavy atom. The Balaban J connectivity index is 2.70. The summed E-state index contributed by atoms with van der Waals surface area (Å²) in [5, 5.41) is 4.37. The Labute approximate surface area is 111 Å². The maximum absolute atomic E-state index is 5.69. The maximum atomic E-state index is 5.69. The van der Waals surface area contributed by atoms with Crippen molar-refractivity contribution in [3.63, 3.8) is 0 Å². The minimum atomic E-state index is 0.185. The Bertz CT molecular complexity index is 351. The van der Waals surface area contributed by atoms with Crippen molar-refractivity contribution in [3.05, 3.63) is 18.0 Å². The third-order valence-electron chi connectivity index (χ3n) is 3.78. The van der Waals surface area contributed by atoms with Crippen molar-refractivity contribution in [2.24, 2.45) is 17.2 Å². The van der Waals surface area contributed by atoms with Crippen molar-refractivity contribution in [2.75, 3.05) is 0 Å². The lowest BCUT2D eigenvalue weighted by atomic mass is 9.78. The molecule has 1 aromatic rings. The molecular formula is C14H28N4. The molecule has 1 heterocycles. The van der Waals surface area contributed by atoms with Gasteiger partial charge in [-0.1, -0.05) is 34.6 Å². The van der Waals surface area contributed by atoms with Crippen LogP contribution < -0.4 is 11.3 Å². The molecule has 0 saturated carbocycles. The van der Waals surface area contributed by atoms with Crippen LogP contribution in [0.5, 0.6) is 0 Å². The van der Waals surface area contributed by atoms with Crippen molar-refractivity contribution in [3.8, 4) is 0 Å². The van der Waals surface area contributed by atoms with Gasteiger partial charge in [0.15, 0.2) is 0 Å². The first-order valence-electron chi connectivity index (χ1n) is 6.87. The van der Waals surface area contributed by atoms with Gasteiger partial charge in [0.25, 0.3) is 0 Å². The largest absolute Gasteiger partial charge is 0.272 e. The van der Waals surface area contributed by atoms with E-state index in [4.69, 9.17) is 5.84 Å². The zero-order valence-electron chi connectivity index (χ0n) is 12.4. The van der Waals surface area contributed by atoms with Gasteiger partial charge in [-0.15, -0.1) is 0 Å². The van der Waals surface area contributed by atoms with Gasteiger partial charge in [0.05, 0.1) is 6.20 Å². The van der Waals surface area contributed by atoms with Gasteiger partial charge in [0.2, 0.25) is 0 Å². The van der Waals surface area contributed by atoms with E-state index in [9.17, 15) is 0 Å². The molecule has 0 aromatic carbocycles. The molecule has 3 N–H and O–H groups in total. The quantitative estimate of drug-likeness (QED) is 0.604. The van der Waals surface area contributed by atoms with Crippen LogP contribution >= 0.6 is 0 Å². The fourth-order valence-electron chi connectivity index (χ4n) is 1.92. The Morgan fingerprint density at radius 2 is 2.11 bits per heavy atom. The van der Waals surface area contributed by atoms with Crippen LogP contribution in [0.25, 0.3) is 0 Å². The molecule has 4 heteroatoms. The van der Waals surface area contributed by atoms with Crippen LogP contribution in [-0.4, -0.2) is 9.78 Å². The summed E-state index contributed by atoms with van der Waals surface area (Å²) in [5.74, 6) is 6.28. The Morgan fingerprint density at radius 1 is 1.44 bits per heavy atom. The predicted molar refractivity (Wildman–Crippen MR) is 75.8 cm³/mol. The molecule has 0 aliphatic heterocycles. The first kappa shape index (κ1) is 15.2. The van der Waals surface area contributed by atoms with Crippen molar-refractivity contribution in [1.82, 2.24) is 15.2 Å². The third kappa shape index (κ3) is 4.10. The molecule has 0 amide bonds. The first-order valence-corrected chi connectivity index (χ1v) is 6.87. The second-order valence-electron chi connectivity index (χ2n) is 6.26. The molecule has 0 aliphatic carbocycles. The van der Waals surface area contributed by atoms with Crippen LogP contribution in [-0.2, 0) is 6.54 Å². The summed E-state index contributed by atoms with van der Waals surface area (Å²) < 4.78 is 1.99. The van der Waals surface area contributed by atoms with E-state index in [1.807, 2.05) is 10.9 Å². The molecule has 1 rings (SSSR count). The second-order valence-corrected chi connectivity index (χ2v) is 6.26. The molecule has 0 bridgehead atoms. The van der Waals surface area contributed by atoms with Gasteiger partial charge < -0.3 is 0 Å². The van der Waals surface area contributed by atoms with E-state index in [1.54, 1.807) is 0 Å². The fourth-order valence-corrected chi connectivity index (χ4v) is 1.92. The highest BCUT2D eigenvalue weighted by Crippen LogP contribution is 2.32. The van der Waals surface area contributed by atoms with Crippen molar-refractivity contribution >= 4 is 0 Å². The second kappa shape index (κ2) is 6.34. The van der Waals surface area contributed by atoms with Crippen LogP contribution in [0, 0.1) is 11.3 Å². The summed E-state index contributed by atoms with van der Waals surface area (Å²) in [6, 6.07) is 0.185. The molecule has 0 fully saturated rings. The Kier molecular flexibility index (Phi) is 5.35. The molecular weight excluding hydrogens is 224 g/mol. The summed E-state index contributed by atoms with van der Waals surface area (Å²) in [7, 11) is 0. The smallest absolute Gasteiger partial charge is 0.0538 e. The molecule has 2 unspecified atom stereocenters. The number of hydrogen-bond acceptors (Lipinski definition) is 3. The third-order valence-corrected chi connectivity index (χ3v) is 3.78. The zero-order chi connectivity index (χ0) is 13.8. The lowest BCUT2D eigenvalue weighted by molar-refractivity contribution is 0.223. The summed E-state index contributed by atoms with van der Waals surface area (Å²) in [6.45, 7) is 12.2. The topological polar surface area (TPSA) is 55.9 Å². The lowest BCUT2D eigenvalue weighted by Crippen LogP contribution is -2.31. The van der Waals surface area contributed by atoms with Gasteiger partial charge in [0, 0.05) is 24.3 Å². The highest BCUT2D eigenvalue weighted by molar-refractivity contribution is 5.10. The van der Waals surface area contributed by atoms with Gasteiger partial charge >= 0.3 is 0 Å². The predicted octanol–water partition coefficient (Wildman–Crippen LogP) is 2.87. The molecule has 18 heavy (non-hydrogen) atoms. The summed E-state index contributed by atoms with van der Waals surface area (Å²) in [5.41, 5.74) is 4.41. The number of aromatic nitrogens is 2. The molecule has 1 aromatic heterocycles. The fraction of sp³-hybridized carbons (Fsp3) is 0.786. The van der Waals surface area contributed by atoms with E-state index < -0.39 is 0 Å². The molecule has 0 spiro atoms. The number of nitrogens with one attached hydrogen (secondary N) is 1. The molecule has 2 atom stereocenters. The zero-order valence-corrected chi connectivity index (χ0v) is 12.4. The average Bonchev–Trinajstić information content (AvgIpc) is 2.73. The van der Waals surface area contributed by atoms with Crippen LogP contribution in [0.3, 0.4) is 0 Å². The summed E-state index contributed by atoms with van der Waals surface area (Å²) in [6.07, 6.45) is 6.15. The number of aryl methyl sites for hydroxylation is 1. The molecule has 0 saturated heterocycles. The Hall–Kier alpha value is -0.870. The average molecular weight is 252 g/mol. The molecule has 104 valence electrons. The molecule has 0 radical (unpaired) electrons. The summed E-state index contributed by atoms with van der Waals surface area (Å²) >= 11 is 0. The van der Waals surface area contributed by atoms with Gasteiger partial charge in [-0.3, -0.25) is 16.0 Å². The number of nitrogens with two attached hydrogens (primary N) is 1. The highest BCUT2D eigenvalue weighted by Gasteiger charge is 2.24. The number of rotatable bonds is 6. The van der Waals surface area contributed by atoms with E-state index >= 15 is 0 Å². The van der Waals surface area contributed by atoms with Crippen molar-refractivity contribution < 1.29 is 0 Å². The van der Waals surface area contributed by atoms with Crippen molar-refractivity contribution in [1.29, 1.82) is 0 Å². The lowest BCUT2D eigenvalue weighted by Gasteiger charge is -2.30. The molecule has 4 nitrogen and oxygen atoms in total. The van der Waals surface area contributed by atoms with E-state index in [2.05, 4.69) is 51.3 Å². The van der Waals surface area contributed by atoms with Gasteiger partial charge in [0.1, 0.15) is 0 Å². The maximum Gasteiger partial charge on any atom is 0.0538 e. The molecule has 0 aliphatic rings. The minimum Gasteiger partial charge on any atom is -0.272 e. The van der Waals surface area contributed by atoms with E-state index in [1.165, 1.54) is 5.56 Å². The van der Waals surface area contributed by atoms with E-state index in [0.717, 1.165) is 19.4 Å². The van der Waals surface area contributed by atoms with Crippen LogP contribution in [0.4, 0.5) is 0 Å². The van der Waals surface area contributed by atoms with E-state index in [-0.39, 0.29) is 6.04 Å². The number of hydrogen-bond donors (Lipinski definition) is 2. The van der Waals surface area contributed by atoms with Gasteiger partial charge in [-0.2, -0.15) is 5.10 Å². The highest BCUT2D eigenvalue weighted by atomic mass is 15.3. The normalized spacial score (nSPS) is 15.7.